The minimum atomic E-state index is -0.0160. The summed E-state index contributed by atoms with van der Waals surface area (Å²) in [5, 5.41) is 9.63. The van der Waals surface area contributed by atoms with Crippen molar-refractivity contribution in [1.29, 1.82) is 0 Å². The summed E-state index contributed by atoms with van der Waals surface area (Å²) >= 11 is 0. The molecule has 0 aromatic heterocycles. The average Bonchev–Trinajstić information content (AvgIpc) is 2.62. The molecule has 0 aliphatic carbocycles. The highest BCUT2D eigenvalue weighted by Crippen LogP contribution is 2.19. The molecule has 144 valence electrons. The summed E-state index contributed by atoms with van der Waals surface area (Å²) in [5.74, 6) is 0.823. The molecule has 2 rings (SSSR count). The maximum Gasteiger partial charge on any atom is 0.216 e. The van der Waals surface area contributed by atoms with E-state index in [0.29, 0.717) is 25.2 Å². The SMILES string of the molecule is CCNC(=NCCNC(C)=O)NC1CCN(Cc2ccccc2)C(C)C1. The molecule has 2 atom stereocenters. The van der Waals surface area contributed by atoms with Gasteiger partial charge in [-0.25, -0.2) is 0 Å². The Kier molecular flexibility index (Phi) is 8.41. The number of benzene rings is 1. The van der Waals surface area contributed by atoms with Crippen LogP contribution < -0.4 is 16.0 Å². The second kappa shape index (κ2) is 10.8. The van der Waals surface area contributed by atoms with E-state index in [0.717, 1.165) is 38.4 Å². The highest BCUT2D eigenvalue weighted by Gasteiger charge is 2.25. The van der Waals surface area contributed by atoms with Gasteiger partial charge in [0.1, 0.15) is 0 Å². The zero-order valence-corrected chi connectivity index (χ0v) is 16.3. The Morgan fingerprint density at radius 2 is 2.04 bits per heavy atom. The van der Waals surface area contributed by atoms with Gasteiger partial charge in [0.2, 0.25) is 5.91 Å². The van der Waals surface area contributed by atoms with Gasteiger partial charge in [0, 0.05) is 45.2 Å². The molecule has 0 spiro atoms. The quantitative estimate of drug-likeness (QED) is 0.394. The molecule has 1 aromatic carbocycles. The van der Waals surface area contributed by atoms with Crippen LogP contribution in [0.15, 0.2) is 35.3 Å². The predicted molar refractivity (Wildman–Crippen MR) is 107 cm³/mol. The molecule has 0 saturated carbocycles. The van der Waals surface area contributed by atoms with Gasteiger partial charge in [-0.05, 0) is 32.3 Å². The number of carbonyl (C=O) groups is 1. The molecule has 0 radical (unpaired) electrons. The highest BCUT2D eigenvalue weighted by molar-refractivity contribution is 5.80. The van der Waals surface area contributed by atoms with Crippen molar-refractivity contribution < 1.29 is 4.79 Å². The van der Waals surface area contributed by atoms with Gasteiger partial charge in [-0.1, -0.05) is 30.3 Å². The minimum Gasteiger partial charge on any atom is -0.357 e. The van der Waals surface area contributed by atoms with E-state index >= 15 is 0 Å². The van der Waals surface area contributed by atoms with Crippen molar-refractivity contribution in [2.45, 2.75) is 52.2 Å². The van der Waals surface area contributed by atoms with Gasteiger partial charge in [-0.2, -0.15) is 0 Å². The van der Waals surface area contributed by atoms with Crippen molar-refractivity contribution in [3.8, 4) is 0 Å². The van der Waals surface area contributed by atoms with Gasteiger partial charge in [-0.15, -0.1) is 0 Å². The second-order valence-corrected chi connectivity index (χ2v) is 6.91. The summed E-state index contributed by atoms with van der Waals surface area (Å²) in [6, 6.07) is 11.6. The number of hydrogen-bond acceptors (Lipinski definition) is 3. The van der Waals surface area contributed by atoms with E-state index in [2.05, 4.69) is 70.0 Å². The van der Waals surface area contributed by atoms with E-state index in [1.807, 2.05) is 0 Å². The molecule has 3 N–H and O–H groups in total. The van der Waals surface area contributed by atoms with Crippen LogP contribution in [0.2, 0.25) is 0 Å². The molecule has 1 saturated heterocycles. The van der Waals surface area contributed by atoms with Gasteiger partial charge in [-0.3, -0.25) is 14.7 Å². The first kappa shape index (κ1) is 20.2. The summed E-state index contributed by atoms with van der Waals surface area (Å²) in [6.07, 6.45) is 2.20. The third-order valence-electron chi connectivity index (χ3n) is 4.68. The largest absolute Gasteiger partial charge is 0.357 e. The number of hydrogen-bond donors (Lipinski definition) is 3. The fourth-order valence-electron chi connectivity index (χ4n) is 3.32. The maximum atomic E-state index is 10.9. The Morgan fingerprint density at radius 3 is 2.69 bits per heavy atom. The minimum absolute atomic E-state index is 0.0160. The maximum absolute atomic E-state index is 10.9. The number of nitrogens with one attached hydrogen (secondary N) is 3. The average molecular weight is 360 g/mol. The monoisotopic (exact) mass is 359 g/mol. The molecular weight excluding hydrogens is 326 g/mol. The Hall–Kier alpha value is -2.08. The van der Waals surface area contributed by atoms with Crippen molar-refractivity contribution >= 4 is 11.9 Å². The van der Waals surface area contributed by atoms with Crippen molar-refractivity contribution in [2.75, 3.05) is 26.2 Å². The molecule has 1 amide bonds. The molecule has 0 bridgehead atoms. The van der Waals surface area contributed by atoms with Crippen LogP contribution in [0.3, 0.4) is 0 Å². The zero-order valence-electron chi connectivity index (χ0n) is 16.3. The first-order valence-electron chi connectivity index (χ1n) is 9.65. The van der Waals surface area contributed by atoms with E-state index in [9.17, 15) is 4.79 Å². The lowest BCUT2D eigenvalue weighted by Crippen LogP contribution is -2.51. The summed E-state index contributed by atoms with van der Waals surface area (Å²) in [7, 11) is 0. The number of amides is 1. The Labute approximate surface area is 157 Å². The van der Waals surface area contributed by atoms with E-state index in [1.54, 1.807) is 0 Å². The van der Waals surface area contributed by atoms with Crippen LogP contribution in [0.5, 0.6) is 0 Å². The van der Waals surface area contributed by atoms with E-state index in [-0.39, 0.29) is 5.91 Å². The number of guanidine groups is 1. The molecule has 6 nitrogen and oxygen atoms in total. The summed E-state index contributed by atoms with van der Waals surface area (Å²) in [5.41, 5.74) is 1.37. The molecular formula is C20H33N5O. The van der Waals surface area contributed by atoms with Crippen LogP contribution in [0.1, 0.15) is 39.2 Å². The van der Waals surface area contributed by atoms with Crippen LogP contribution >= 0.6 is 0 Å². The van der Waals surface area contributed by atoms with Crippen molar-refractivity contribution in [1.82, 2.24) is 20.9 Å². The lowest BCUT2D eigenvalue weighted by Gasteiger charge is -2.38. The summed E-state index contributed by atoms with van der Waals surface area (Å²) < 4.78 is 0. The predicted octanol–water partition coefficient (Wildman–Crippen LogP) is 1.73. The summed E-state index contributed by atoms with van der Waals surface area (Å²) in [6.45, 7) is 9.97. The third kappa shape index (κ3) is 7.04. The van der Waals surface area contributed by atoms with E-state index in [1.165, 1.54) is 12.5 Å². The molecule has 1 aliphatic rings. The van der Waals surface area contributed by atoms with Crippen LogP contribution in [0.4, 0.5) is 0 Å². The second-order valence-electron chi connectivity index (χ2n) is 6.91. The molecule has 1 fully saturated rings. The summed E-state index contributed by atoms with van der Waals surface area (Å²) in [4.78, 5) is 18.0. The first-order valence-corrected chi connectivity index (χ1v) is 9.65. The number of nitrogens with zero attached hydrogens (tertiary/aromatic N) is 2. The van der Waals surface area contributed by atoms with Crippen LogP contribution in [0, 0.1) is 0 Å². The molecule has 26 heavy (non-hydrogen) atoms. The molecule has 1 heterocycles. The van der Waals surface area contributed by atoms with Crippen LogP contribution in [-0.2, 0) is 11.3 Å². The van der Waals surface area contributed by atoms with Gasteiger partial charge in [0.05, 0.1) is 6.54 Å². The van der Waals surface area contributed by atoms with Crippen molar-refractivity contribution in [2.24, 2.45) is 4.99 Å². The van der Waals surface area contributed by atoms with E-state index in [4.69, 9.17) is 0 Å². The first-order chi connectivity index (χ1) is 12.6. The number of aliphatic imine (C=N–C) groups is 1. The van der Waals surface area contributed by atoms with Crippen LogP contribution in [0.25, 0.3) is 0 Å². The fourth-order valence-corrected chi connectivity index (χ4v) is 3.32. The third-order valence-corrected chi connectivity index (χ3v) is 4.68. The smallest absolute Gasteiger partial charge is 0.216 e. The molecule has 6 heteroatoms. The Bertz CT molecular complexity index is 575. The van der Waals surface area contributed by atoms with Gasteiger partial charge in [0.25, 0.3) is 0 Å². The van der Waals surface area contributed by atoms with E-state index < -0.39 is 0 Å². The van der Waals surface area contributed by atoms with Gasteiger partial charge >= 0.3 is 0 Å². The molecule has 2 unspecified atom stereocenters. The lowest BCUT2D eigenvalue weighted by molar-refractivity contribution is -0.118. The molecule has 1 aromatic rings. The fraction of sp³-hybridized carbons (Fsp3) is 0.600. The molecule has 1 aliphatic heterocycles. The van der Waals surface area contributed by atoms with Crippen LogP contribution in [-0.4, -0.2) is 55.0 Å². The highest BCUT2D eigenvalue weighted by atomic mass is 16.1. The standard InChI is InChI=1S/C20H33N5O/c1-4-21-20(23-12-11-22-17(3)26)24-19-10-13-25(16(2)14-19)15-18-8-6-5-7-9-18/h5-9,16,19H,4,10-15H2,1-3H3,(H,22,26)(H2,21,23,24). The topological polar surface area (TPSA) is 68.8 Å². The number of carbonyl (C=O) groups excluding carboxylic acids is 1. The number of piperidine rings is 1. The van der Waals surface area contributed by atoms with Gasteiger partial charge < -0.3 is 16.0 Å². The van der Waals surface area contributed by atoms with Crippen molar-refractivity contribution in [3.05, 3.63) is 35.9 Å². The normalized spacial score (nSPS) is 21.3. The number of likely N-dealkylation sites (tertiary alicyclic amines) is 1. The lowest BCUT2D eigenvalue weighted by atomic mass is 9.97. The van der Waals surface area contributed by atoms with Crippen molar-refractivity contribution in [3.63, 3.8) is 0 Å². The van der Waals surface area contributed by atoms with Gasteiger partial charge in [0.15, 0.2) is 5.96 Å². The number of rotatable bonds is 7. The Balaban J connectivity index is 1.81. The zero-order chi connectivity index (χ0) is 18.8. The Morgan fingerprint density at radius 1 is 1.27 bits per heavy atom.